The Bertz CT molecular complexity index is 407. The molecule has 1 unspecified atom stereocenters. The number of carbonyl (C=O) groups is 1. The van der Waals surface area contributed by atoms with E-state index in [2.05, 4.69) is 24.1 Å². The SMILES string of the molecule is CC(C)C1NC2(CCCC2)C(=O)N1CC(C1CC1)C1CC1. The van der Waals surface area contributed by atoms with Gasteiger partial charge >= 0.3 is 0 Å². The first-order valence-corrected chi connectivity index (χ1v) is 9.19. The van der Waals surface area contributed by atoms with E-state index >= 15 is 0 Å². The van der Waals surface area contributed by atoms with Gasteiger partial charge in [-0.2, -0.15) is 0 Å². The van der Waals surface area contributed by atoms with E-state index in [1.807, 2.05) is 0 Å². The summed E-state index contributed by atoms with van der Waals surface area (Å²) in [6.45, 7) is 5.55. The van der Waals surface area contributed by atoms with Gasteiger partial charge in [0.1, 0.15) is 0 Å². The number of nitrogens with zero attached hydrogens (tertiary/aromatic N) is 1. The minimum atomic E-state index is -0.188. The highest BCUT2D eigenvalue weighted by atomic mass is 16.2. The molecule has 1 amide bonds. The van der Waals surface area contributed by atoms with Crippen molar-refractivity contribution in [2.24, 2.45) is 23.7 Å². The quantitative estimate of drug-likeness (QED) is 0.843. The molecule has 3 saturated carbocycles. The lowest BCUT2D eigenvalue weighted by atomic mass is 9.95. The van der Waals surface area contributed by atoms with Crippen LogP contribution in [0.4, 0.5) is 0 Å². The molecule has 3 aliphatic carbocycles. The summed E-state index contributed by atoms with van der Waals surface area (Å²) in [5, 5.41) is 3.77. The molecule has 0 aromatic rings. The lowest BCUT2D eigenvalue weighted by Crippen LogP contribution is -2.45. The molecule has 0 aromatic heterocycles. The highest BCUT2D eigenvalue weighted by molar-refractivity contribution is 5.89. The minimum Gasteiger partial charge on any atom is -0.325 e. The van der Waals surface area contributed by atoms with Gasteiger partial charge in [0.05, 0.1) is 11.7 Å². The third kappa shape index (κ3) is 2.42. The molecule has 1 atom stereocenters. The summed E-state index contributed by atoms with van der Waals surface area (Å²) >= 11 is 0. The number of nitrogens with one attached hydrogen (secondary N) is 1. The summed E-state index contributed by atoms with van der Waals surface area (Å²) in [5.41, 5.74) is -0.188. The number of rotatable bonds is 5. The predicted octanol–water partition coefficient (Wildman–Crippen LogP) is 3.15. The van der Waals surface area contributed by atoms with Crippen molar-refractivity contribution in [1.82, 2.24) is 10.2 Å². The van der Waals surface area contributed by atoms with Crippen molar-refractivity contribution in [2.45, 2.75) is 76.9 Å². The first-order valence-electron chi connectivity index (χ1n) is 9.19. The van der Waals surface area contributed by atoms with Gasteiger partial charge in [-0.3, -0.25) is 10.1 Å². The van der Waals surface area contributed by atoms with Gasteiger partial charge in [-0.25, -0.2) is 0 Å². The molecular weight excluding hydrogens is 260 g/mol. The van der Waals surface area contributed by atoms with Crippen molar-refractivity contribution in [3.63, 3.8) is 0 Å². The average Bonchev–Trinajstić information content (AvgIpc) is 3.38. The molecule has 4 aliphatic rings. The summed E-state index contributed by atoms with van der Waals surface area (Å²) in [6, 6.07) is 0. The summed E-state index contributed by atoms with van der Waals surface area (Å²) in [4.78, 5) is 15.4. The second-order valence-corrected chi connectivity index (χ2v) is 8.42. The van der Waals surface area contributed by atoms with Crippen LogP contribution in [0.15, 0.2) is 0 Å². The molecule has 1 saturated heterocycles. The Morgan fingerprint density at radius 2 is 1.71 bits per heavy atom. The Kier molecular flexibility index (Phi) is 3.33. The molecule has 1 heterocycles. The maximum Gasteiger partial charge on any atom is 0.244 e. The molecule has 0 aromatic carbocycles. The molecule has 4 fully saturated rings. The highest BCUT2D eigenvalue weighted by Crippen LogP contribution is 2.50. The number of hydrogen-bond acceptors (Lipinski definition) is 2. The maximum absolute atomic E-state index is 13.1. The van der Waals surface area contributed by atoms with Crippen molar-refractivity contribution in [2.75, 3.05) is 6.54 Å². The standard InChI is InChI=1S/C18H30N2O/c1-12(2)16-19-18(9-3-4-10-18)17(21)20(16)11-15(13-5-6-13)14-7-8-14/h12-16,19H,3-11H2,1-2H3. The van der Waals surface area contributed by atoms with Crippen molar-refractivity contribution < 1.29 is 4.79 Å². The van der Waals surface area contributed by atoms with Crippen LogP contribution >= 0.6 is 0 Å². The average molecular weight is 290 g/mol. The maximum atomic E-state index is 13.1. The summed E-state index contributed by atoms with van der Waals surface area (Å²) in [5.74, 6) is 3.60. The van der Waals surface area contributed by atoms with Crippen LogP contribution in [0, 0.1) is 23.7 Å². The molecule has 3 nitrogen and oxygen atoms in total. The van der Waals surface area contributed by atoms with Gasteiger partial charge in [0.2, 0.25) is 5.91 Å². The Balaban J connectivity index is 1.54. The third-order valence-electron chi connectivity index (χ3n) is 6.38. The monoisotopic (exact) mass is 290 g/mol. The lowest BCUT2D eigenvalue weighted by Gasteiger charge is -2.31. The fraction of sp³-hybridized carbons (Fsp3) is 0.944. The van der Waals surface area contributed by atoms with Crippen LogP contribution in [0.5, 0.6) is 0 Å². The van der Waals surface area contributed by atoms with Crippen molar-refractivity contribution in [3.05, 3.63) is 0 Å². The molecule has 118 valence electrons. The minimum absolute atomic E-state index is 0.188. The lowest BCUT2D eigenvalue weighted by molar-refractivity contribution is -0.134. The third-order valence-corrected chi connectivity index (χ3v) is 6.38. The topological polar surface area (TPSA) is 32.3 Å². The smallest absolute Gasteiger partial charge is 0.244 e. The molecular formula is C18H30N2O. The van der Waals surface area contributed by atoms with Gasteiger partial charge in [0.15, 0.2) is 0 Å². The van der Waals surface area contributed by atoms with Crippen LogP contribution in [0.3, 0.4) is 0 Å². The van der Waals surface area contributed by atoms with Crippen molar-refractivity contribution >= 4 is 5.91 Å². The van der Waals surface area contributed by atoms with E-state index in [9.17, 15) is 4.79 Å². The van der Waals surface area contributed by atoms with E-state index in [0.29, 0.717) is 11.8 Å². The molecule has 0 bridgehead atoms. The summed E-state index contributed by atoms with van der Waals surface area (Å²) in [6.07, 6.45) is 10.5. The van der Waals surface area contributed by atoms with Crippen LogP contribution in [-0.4, -0.2) is 29.1 Å². The normalized spacial score (nSPS) is 32.1. The van der Waals surface area contributed by atoms with E-state index in [-0.39, 0.29) is 11.7 Å². The number of amides is 1. The van der Waals surface area contributed by atoms with Gasteiger partial charge in [0, 0.05) is 6.54 Å². The predicted molar refractivity (Wildman–Crippen MR) is 83.6 cm³/mol. The first kappa shape index (κ1) is 14.0. The highest BCUT2D eigenvalue weighted by Gasteiger charge is 2.54. The largest absolute Gasteiger partial charge is 0.325 e. The van der Waals surface area contributed by atoms with E-state index in [0.717, 1.165) is 37.1 Å². The van der Waals surface area contributed by atoms with Gasteiger partial charge < -0.3 is 4.90 Å². The Labute approximate surface area is 128 Å². The van der Waals surface area contributed by atoms with E-state index in [1.165, 1.54) is 38.5 Å². The van der Waals surface area contributed by atoms with Crippen LogP contribution in [0.2, 0.25) is 0 Å². The van der Waals surface area contributed by atoms with E-state index < -0.39 is 0 Å². The zero-order valence-electron chi connectivity index (χ0n) is 13.6. The molecule has 3 heteroatoms. The van der Waals surface area contributed by atoms with Gasteiger partial charge in [-0.1, -0.05) is 26.7 Å². The zero-order chi connectivity index (χ0) is 14.6. The second kappa shape index (κ2) is 4.97. The zero-order valence-corrected chi connectivity index (χ0v) is 13.6. The Morgan fingerprint density at radius 1 is 1.14 bits per heavy atom. The molecule has 0 radical (unpaired) electrons. The molecule has 21 heavy (non-hydrogen) atoms. The number of hydrogen-bond donors (Lipinski definition) is 1. The van der Waals surface area contributed by atoms with Crippen molar-refractivity contribution in [1.29, 1.82) is 0 Å². The molecule has 1 spiro atoms. The van der Waals surface area contributed by atoms with Crippen LogP contribution < -0.4 is 5.32 Å². The Morgan fingerprint density at radius 3 is 2.19 bits per heavy atom. The van der Waals surface area contributed by atoms with Gasteiger partial charge in [0.25, 0.3) is 0 Å². The van der Waals surface area contributed by atoms with E-state index in [4.69, 9.17) is 0 Å². The fourth-order valence-corrected chi connectivity index (χ4v) is 4.84. The molecule has 1 aliphatic heterocycles. The van der Waals surface area contributed by atoms with Crippen LogP contribution in [0.25, 0.3) is 0 Å². The first-order chi connectivity index (χ1) is 10.1. The van der Waals surface area contributed by atoms with Crippen LogP contribution in [-0.2, 0) is 4.79 Å². The fourth-order valence-electron chi connectivity index (χ4n) is 4.84. The van der Waals surface area contributed by atoms with Crippen LogP contribution in [0.1, 0.15) is 65.2 Å². The van der Waals surface area contributed by atoms with Gasteiger partial charge in [-0.15, -0.1) is 0 Å². The van der Waals surface area contributed by atoms with E-state index in [1.54, 1.807) is 0 Å². The van der Waals surface area contributed by atoms with Crippen molar-refractivity contribution in [3.8, 4) is 0 Å². The summed E-state index contributed by atoms with van der Waals surface area (Å²) in [7, 11) is 0. The molecule has 1 N–H and O–H groups in total. The summed E-state index contributed by atoms with van der Waals surface area (Å²) < 4.78 is 0. The number of carbonyl (C=O) groups excluding carboxylic acids is 1. The molecule has 4 rings (SSSR count). The Hall–Kier alpha value is -0.570. The second-order valence-electron chi connectivity index (χ2n) is 8.42. The van der Waals surface area contributed by atoms with Gasteiger partial charge in [-0.05, 0) is 62.2 Å².